The van der Waals surface area contributed by atoms with E-state index in [2.05, 4.69) is 46.8 Å². The maximum absolute atomic E-state index is 12.5. The predicted octanol–water partition coefficient (Wildman–Crippen LogP) is 4.06. The van der Waals surface area contributed by atoms with Gasteiger partial charge < -0.3 is 0 Å². The van der Waals surface area contributed by atoms with Crippen molar-refractivity contribution in [3.63, 3.8) is 0 Å². The maximum atomic E-state index is 12.5. The van der Waals surface area contributed by atoms with Gasteiger partial charge in [0.1, 0.15) is 0 Å². The molecule has 0 radical (unpaired) electrons. The van der Waals surface area contributed by atoms with Crippen LogP contribution in [0.3, 0.4) is 0 Å². The zero-order valence-electron chi connectivity index (χ0n) is 11.5. The molecule has 0 aliphatic heterocycles. The van der Waals surface area contributed by atoms with Gasteiger partial charge in [-0.1, -0.05) is 31.9 Å². The fraction of sp³-hybridized carbons (Fsp3) is 0. The molecule has 0 atom stereocenters. The summed E-state index contributed by atoms with van der Waals surface area (Å²) in [5.41, 5.74) is 0.600. The Kier molecular flexibility index (Phi) is 4.49. The van der Waals surface area contributed by atoms with Crippen LogP contribution in [-0.4, -0.2) is 21.9 Å². The van der Waals surface area contributed by atoms with Crippen molar-refractivity contribution in [1.29, 1.82) is 0 Å². The van der Waals surface area contributed by atoms with Crippen molar-refractivity contribution in [2.24, 2.45) is 0 Å². The molecule has 3 aromatic rings. The second-order valence-electron chi connectivity index (χ2n) is 4.63. The van der Waals surface area contributed by atoms with Gasteiger partial charge in [-0.15, -0.1) is 0 Å². The minimum Gasteiger partial charge on any atom is -0.287 e. The molecule has 0 bridgehead atoms. The number of carbonyl (C=O) groups excluding carboxylic acids is 2. The zero-order valence-corrected chi connectivity index (χ0v) is 14.7. The highest BCUT2D eigenvalue weighted by molar-refractivity contribution is 9.10. The summed E-state index contributed by atoms with van der Waals surface area (Å²) in [5.74, 6) is -0.835. The quantitative estimate of drug-likeness (QED) is 0.578. The molecule has 7 heteroatoms. The number of hydrogen-bond donors (Lipinski definition) is 0. The Hall–Kier alpha value is -2.12. The smallest absolute Gasteiger partial charge is 0.217 e. The summed E-state index contributed by atoms with van der Waals surface area (Å²) in [4.78, 5) is 25.0. The lowest BCUT2D eigenvalue weighted by atomic mass is 10.0. The van der Waals surface area contributed by atoms with Gasteiger partial charge in [-0.05, 0) is 58.8 Å². The summed E-state index contributed by atoms with van der Waals surface area (Å²) in [6.07, 6.45) is 0. The molecule has 2 aromatic carbocycles. The summed E-state index contributed by atoms with van der Waals surface area (Å²) in [6, 6.07) is 13.5. The molecule has 0 unspecified atom stereocenters. The number of benzene rings is 2. The molecule has 1 heterocycles. The van der Waals surface area contributed by atoms with E-state index >= 15 is 0 Å². The zero-order chi connectivity index (χ0) is 16.4. The van der Waals surface area contributed by atoms with Crippen LogP contribution in [0.5, 0.6) is 0 Å². The average Bonchev–Trinajstić information content (AvgIpc) is 3.04. The molecule has 114 valence electrons. The monoisotopic (exact) mass is 434 g/mol. The fourth-order valence-electron chi connectivity index (χ4n) is 1.96. The van der Waals surface area contributed by atoms with E-state index in [0.717, 1.165) is 8.95 Å². The molecule has 0 aliphatic carbocycles. The Morgan fingerprint density at radius 1 is 0.696 bits per heavy atom. The van der Waals surface area contributed by atoms with E-state index in [9.17, 15) is 9.59 Å². The third-order valence-electron chi connectivity index (χ3n) is 3.13. The second-order valence-corrected chi connectivity index (χ2v) is 6.46. The van der Waals surface area contributed by atoms with Crippen LogP contribution in [0.2, 0.25) is 0 Å². The molecule has 0 aliphatic rings. The van der Waals surface area contributed by atoms with Gasteiger partial charge in [0.25, 0.3) is 0 Å². The van der Waals surface area contributed by atoms with Crippen molar-refractivity contribution in [1.82, 2.24) is 10.3 Å². The standard InChI is InChI=1S/C16H8Br2N2O3/c17-11-5-1-9(2-6-11)15(21)13-14(20-23-19-13)16(22)10-3-7-12(18)8-4-10/h1-8H. The van der Waals surface area contributed by atoms with E-state index in [4.69, 9.17) is 0 Å². The van der Waals surface area contributed by atoms with Crippen molar-refractivity contribution >= 4 is 43.4 Å². The Balaban J connectivity index is 1.96. The Morgan fingerprint density at radius 2 is 1.04 bits per heavy atom. The van der Waals surface area contributed by atoms with Crippen LogP contribution in [0.1, 0.15) is 32.1 Å². The highest BCUT2D eigenvalue weighted by Gasteiger charge is 2.25. The second kappa shape index (κ2) is 6.55. The molecule has 5 nitrogen and oxygen atoms in total. The van der Waals surface area contributed by atoms with Crippen molar-refractivity contribution in [2.75, 3.05) is 0 Å². The Bertz CT molecular complexity index is 799. The van der Waals surface area contributed by atoms with Crippen LogP contribution < -0.4 is 0 Å². The van der Waals surface area contributed by atoms with Crippen molar-refractivity contribution in [3.8, 4) is 0 Å². The molecule has 0 amide bonds. The molecule has 3 rings (SSSR count). The molecule has 0 spiro atoms. The summed E-state index contributed by atoms with van der Waals surface area (Å²) < 4.78 is 6.31. The topological polar surface area (TPSA) is 73.1 Å². The van der Waals surface area contributed by atoms with Gasteiger partial charge >= 0.3 is 0 Å². The number of halogens is 2. The van der Waals surface area contributed by atoms with Gasteiger partial charge in [0.15, 0.2) is 11.4 Å². The molecule has 23 heavy (non-hydrogen) atoms. The lowest BCUT2D eigenvalue weighted by molar-refractivity contribution is 0.0998. The van der Waals surface area contributed by atoms with E-state index in [1.165, 1.54) is 0 Å². The van der Waals surface area contributed by atoms with E-state index in [1.54, 1.807) is 48.5 Å². The molecular formula is C16H8Br2N2O3. The third kappa shape index (κ3) is 3.30. The minimum atomic E-state index is -0.417. The maximum Gasteiger partial charge on any atom is 0.217 e. The Labute approximate surface area is 147 Å². The summed E-state index contributed by atoms with van der Waals surface area (Å²) in [5, 5.41) is 7.20. The number of rotatable bonds is 4. The van der Waals surface area contributed by atoms with Crippen LogP contribution in [0, 0.1) is 0 Å². The first kappa shape index (κ1) is 15.8. The summed E-state index contributed by atoms with van der Waals surface area (Å²) >= 11 is 6.60. The van der Waals surface area contributed by atoms with E-state index in [-0.39, 0.29) is 11.4 Å². The number of hydrogen-bond acceptors (Lipinski definition) is 5. The fourth-order valence-corrected chi connectivity index (χ4v) is 2.49. The lowest BCUT2D eigenvalue weighted by Gasteiger charge is -2.00. The normalized spacial score (nSPS) is 10.5. The Morgan fingerprint density at radius 3 is 1.39 bits per heavy atom. The molecule has 0 N–H and O–H groups in total. The SMILES string of the molecule is O=C(c1ccc(Br)cc1)c1nonc1C(=O)c1ccc(Br)cc1. The van der Waals surface area contributed by atoms with E-state index < -0.39 is 11.6 Å². The van der Waals surface area contributed by atoms with Crippen molar-refractivity contribution in [3.05, 3.63) is 80.0 Å². The first-order valence-electron chi connectivity index (χ1n) is 6.49. The van der Waals surface area contributed by atoms with Crippen molar-refractivity contribution in [2.45, 2.75) is 0 Å². The minimum absolute atomic E-state index is 0.0970. The predicted molar refractivity (Wildman–Crippen MR) is 89.4 cm³/mol. The highest BCUT2D eigenvalue weighted by Crippen LogP contribution is 2.18. The number of carbonyl (C=O) groups is 2. The van der Waals surface area contributed by atoms with Gasteiger partial charge in [0.2, 0.25) is 11.6 Å². The molecule has 1 aromatic heterocycles. The van der Waals surface area contributed by atoms with Crippen LogP contribution in [0.25, 0.3) is 0 Å². The number of aromatic nitrogens is 2. The first-order valence-corrected chi connectivity index (χ1v) is 8.08. The lowest BCUT2D eigenvalue weighted by Crippen LogP contribution is -2.11. The van der Waals surface area contributed by atoms with Crippen LogP contribution in [0.15, 0.2) is 62.1 Å². The largest absolute Gasteiger partial charge is 0.287 e. The first-order chi connectivity index (χ1) is 11.1. The molecule has 0 fully saturated rings. The third-order valence-corrected chi connectivity index (χ3v) is 4.19. The van der Waals surface area contributed by atoms with Gasteiger partial charge in [-0.3, -0.25) is 9.59 Å². The van der Waals surface area contributed by atoms with Crippen LogP contribution in [0.4, 0.5) is 0 Å². The van der Waals surface area contributed by atoms with Crippen molar-refractivity contribution < 1.29 is 14.2 Å². The van der Waals surface area contributed by atoms with Gasteiger partial charge in [-0.25, -0.2) is 4.63 Å². The molecule has 0 saturated heterocycles. The number of nitrogens with zero attached hydrogens (tertiary/aromatic N) is 2. The van der Waals surface area contributed by atoms with Gasteiger partial charge in [0.05, 0.1) is 0 Å². The van der Waals surface area contributed by atoms with Gasteiger partial charge in [-0.2, -0.15) is 0 Å². The van der Waals surface area contributed by atoms with Gasteiger partial charge in [0, 0.05) is 20.1 Å². The summed E-state index contributed by atoms with van der Waals surface area (Å²) in [7, 11) is 0. The molecular weight excluding hydrogens is 428 g/mol. The highest BCUT2D eigenvalue weighted by atomic mass is 79.9. The van der Waals surface area contributed by atoms with E-state index in [0.29, 0.717) is 11.1 Å². The van der Waals surface area contributed by atoms with Crippen LogP contribution >= 0.6 is 31.9 Å². The summed E-state index contributed by atoms with van der Waals surface area (Å²) in [6.45, 7) is 0. The molecule has 0 saturated carbocycles. The van der Waals surface area contributed by atoms with Crippen LogP contribution in [-0.2, 0) is 0 Å². The number of ketones is 2. The van der Waals surface area contributed by atoms with E-state index in [1.807, 2.05) is 0 Å². The average molecular weight is 436 g/mol.